The molecule has 0 aliphatic heterocycles. The molecule has 8 heteroatoms. The number of nitrogens with one attached hydrogen (secondary N) is 2. The molecule has 0 spiro atoms. The molecular weight excluding hydrogens is 429 g/mol. The van der Waals surface area contributed by atoms with Crippen LogP contribution in [0.2, 0.25) is 5.02 Å². The Labute approximate surface area is 182 Å². The van der Waals surface area contributed by atoms with Crippen molar-refractivity contribution in [1.29, 1.82) is 0 Å². The van der Waals surface area contributed by atoms with Crippen LogP contribution >= 0.6 is 11.6 Å². The largest absolute Gasteiger partial charge is 0.416 e. The fourth-order valence-electron chi connectivity index (χ4n) is 3.05. The van der Waals surface area contributed by atoms with Crippen molar-refractivity contribution in [3.63, 3.8) is 0 Å². The minimum Gasteiger partial charge on any atom is -0.347 e. The number of hydrogen-bond acceptors (Lipinski definition) is 2. The Morgan fingerprint density at radius 2 is 1.39 bits per heavy atom. The van der Waals surface area contributed by atoms with Crippen LogP contribution in [0.5, 0.6) is 0 Å². The molecule has 0 radical (unpaired) electrons. The van der Waals surface area contributed by atoms with E-state index in [-0.39, 0.29) is 23.2 Å². The summed E-state index contributed by atoms with van der Waals surface area (Å²) < 4.78 is 38.7. The maximum absolute atomic E-state index is 12.9. The van der Waals surface area contributed by atoms with Gasteiger partial charge in [0.1, 0.15) is 0 Å². The van der Waals surface area contributed by atoms with Gasteiger partial charge in [0.05, 0.1) is 16.3 Å². The van der Waals surface area contributed by atoms with E-state index in [9.17, 15) is 22.8 Å². The highest BCUT2D eigenvalue weighted by Gasteiger charge is 2.31. The van der Waals surface area contributed by atoms with Gasteiger partial charge in [-0.3, -0.25) is 9.59 Å². The first kappa shape index (κ1) is 22.4. The maximum atomic E-state index is 12.9. The lowest BCUT2D eigenvalue weighted by molar-refractivity contribution is -0.137. The Balaban J connectivity index is 1.71. The summed E-state index contributed by atoms with van der Waals surface area (Å²) in [6.07, 6.45) is -4.61. The van der Waals surface area contributed by atoms with Crippen LogP contribution in [0.25, 0.3) is 0 Å². The molecule has 0 aromatic heterocycles. The van der Waals surface area contributed by atoms with Gasteiger partial charge in [0.15, 0.2) is 0 Å². The zero-order valence-corrected chi connectivity index (χ0v) is 16.9. The number of amides is 2. The summed E-state index contributed by atoms with van der Waals surface area (Å²) in [7, 11) is 0. The second-order valence-electron chi connectivity index (χ2n) is 6.73. The number of carbonyl (C=O) groups is 2. The summed E-state index contributed by atoms with van der Waals surface area (Å²) in [6.45, 7) is 0.122. The third-order valence-electron chi connectivity index (χ3n) is 4.62. The summed E-state index contributed by atoms with van der Waals surface area (Å²) in [4.78, 5) is 24.6. The number of benzene rings is 3. The molecule has 3 aromatic rings. The number of carbonyl (C=O) groups excluding carboxylic acids is 2. The molecule has 0 heterocycles. The second kappa shape index (κ2) is 9.66. The van der Waals surface area contributed by atoms with Crippen LogP contribution in [-0.2, 0) is 15.8 Å². The number of anilines is 1. The second-order valence-corrected chi connectivity index (χ2v) is 7.14. The molecule has 0 atom stereocenters. The smallest absolute Gasteiger partial charge is 0.347 e. The maximum Gasteiger partial charge on any atom is 0.416 e. The van der Waals surface area contributed by atoms with Crippen LogP contribution in [0.1, 0.15) is 22.6 Å². The summed E-state index contributed by atoms with van der Waals surface area (Å²) >= 11 is 5.87. The van der Waals surface area contributed by atoms with Crippen LogP contribution < -0.4 is 10.6 Å². The molecule has 0 saturated carbocycles. The van der Waals surface area contributed by atoms with E-state index >= 15 is 0 Å². The third kappa shape index (κ3) is 5.86. The highest BCUT2D eigenvalue weighted by atomic mass is 35.5. The van der Waals surface area contributed by atoms with Crippen molar-refractivity contribution in [3.8, 4) is 0 Å². The topological polar surface area (TPSA) is 58.2 Å². The number of halogens is 4. The van der Waals surface area contributed by atoms with Gasteiger partial charge in [-0.1, -0.05) is 72.3 Å². The average molecular weight is 447 g/mol. The van der Waals surface area contributed by atoms with Crippen molar-refractivity contribution in [3.05, 3.63) is 101 Å². The van der Waals surface area contributed by atoms with Gasteiger partial charge < -0.3 is 10.6 Å². The van der Waals surface area contributed by atoms with E-state index in [4.69, 9.17) is 11.6 Å². The summed E-state index contributed by atoms with van der Waals surface area (Å²) in [5.41, 5.74) is 0.603. The Hall–Kier alpha value is -3.32. The van der Waals surface area contributed by atoms with Crippen LogP contribution in [0.3, 0.4) is 0 Å². The Morgan fingerprint density at radius 3 is 1.90 bits per heavy atom. The summed E-state index contributed by atoms with van der Waals surface area (Å²) in [5.74, 6) is -2.30. The van der Waals surface area contributed by atoms with Gasteiger partial charge in [-0.15, -0.1) is 0 Å². The minimum atomic E-state index is -4.61. The monoisotopic (exact) mass is 446 g/mol. The molecule has 0 saturated heterocycles. The van der Waals surface area contributed by atoms with Gasteiger partial charge in [0.2, 0.25) is 0 Å². The molecule has 0 bridgehead atoms. The van der Waals surface area contributed by atoms with Gasteiger partial charge in [-0.05, 0) is 29.3 Å². The minimum absolute atomic E-state index is 0.111. The van der Waals surface area contributed by atoms with Crippen molar-refractivity contribution in [2.24, 2.45) is 0 Å². The first-order valence-electron chi connectivity index (χ1n) is 9.31. The number of rotatable bonds is 5. The van der Waals surface area contributed by atoms with E-state index in [0.717, 1.165) is 23.3 Å². The highest BCUT2D eigenvalue weighted by molar-refractivity contribution is 6.41. The lowest BCUT2D eigenvalue weighted by Gasteiger charge is -2.19. The van der Waals surface area contributed by atoms with E-state index in [1.165, 1.54) is 0 Å². The standard InChI is InChI=1S/C23H18ClF3N2O2/c24-19-12-11-17(23(25,26)27)13-20(19)29-22(31)21(30)28-14-18(15-7-3-1-4-8-15)16-9-5-2-6-10-16/h1-13,18H,14H2,(H,28,30)(H,29,31). The quantitative estimate of drug-likeness (QED) is 0.526. The Bertz CT molecular complexity index is 1020. The first-order chi connectivity index (χ1) is 14.8. The Morgan fingerprint density at radius 1 is 0.839 bits per heavy atom. The van der Waals surface area contributed by atoms with Crippen molar-refractivity contribution in [2.75, 3.05) is 11.9 Å². The van der Waals surface area contributed by atoms with Gasteiger partial charge in [0, 0.05) is 12.5 Å². The van der Waals surface area contributed by atoms with Crippen LogP contribution in [0.15, 0.2) is 78.9 Å². The molecule has 0 aliphatic rings. The van der Waals surface area contributed by atoms with E-state index in [1.807, 2.05) is 60.7 Å². The van der Waals surface area contributed by atoms with Crippen molar-refractivity contribution < 1.29 is 22.8 Å². The highest BCUT2D eigenvalue weighted by Crippen LogP contribution is 2.33. The lowest BCUT2D eigenvalue weighted by atomic mass is 9.91. The Kier molecular flexibility index (Phi) is 6.97. The van der Waals surface area contributed by atoms with Gasteiger partial charge >= 0.3 is 18.0 Å². The molecule has 0 aliphatic carbocycles. The molecule has 0 fully saturated rings. The van der Waals surface area contributed by atoms with Crippen molar-refractivity contribution in [2.45, 2.75) is 12.1 Å². The zero-order valence-electron chi connectivity index (χ0n) is 16.1. The molecule has 31 heavy (non-hydrogen) atoms. The predicted octanol–water partition coefficient (Wildman–Crippen LogP) is 5.25. The molecule has 4 nitrogen and oxygen atoms in total. The van der Waals surface area contributed by atoms with Crippen LogP contribution in [0, 0.1) is 0 Å². The predicted molar refractivity (Wildman–Crippen MR) is 113 cm³/mol. The molecule has 160 valence electrons. The van der Waals surface area contributed by atoms with Gasteiger partial charge in [-0.2, -0.15) is 13.2 Å². The average Bonchev–Trinajstić information content (AvgIpc) is 2.76. The van der Waals surface area contributed by atoms with Gasteiger partial charge in [-0.25, -0.2) is 0 Å². The van der Waals surface area contributed by atoms with Crippen molar-refractivity contribution >= 4 is 29.1 Å². The van der Waals surface area contributed by atoms with Crippen LogP contribution in [0.4, 0.5) is 18.9 Å². The van der Waals surface area contributed by atoms with E-state index in [2.05, 4.69) is 10.6 Å². The van der Waals surface area contributed by atoms with E-state index < -0.39 is 23.6 Å². The van der Waals surface area contributed by atoms with E-state index in [1.54, 1.807) is 0 Å². The fourth-order valence-corrected chi connectivity index (χ4v) is 3.22. The molecule has 0 unspecified atom stereocenters. The van der Waals surface area contributed by atoms with Gasteiger partial charge in [0.25, 0.3) is 0 Å². The number of alkyl halides is 3. The molecular formula is C23H18ClF3N2O2. The van der Waals surface area contributed by atoms with Crippen molar-refractivity contribution in [1.82, 2.24) is 5.32 Å². The summed E-state index contributed by atoms with van der Waals surface area (Å²) in [6, 6.07) is 21.4. The molecule has 2 amide bonds. The van der Waals surface area contributed by atoms with E-state index in [0.29, 0.717) is 6.07 Å². The number of hydrogen-bond donors (Lipinski definition) is 2. The zero-order chi connectivity index (χ0) is 22.4. The molecule has 3 rings (SSSR count). The first-order valence-corrected chi connectivity index (χ1v) is 9.69. The lowest BCUT2D eigenvalue weighted by Crippen LogP contribution is -2.38. The molecule has 2 N–H and O–H groups in total. The van der Waals surface area contributed by atoms with Crippen LogP contribution in [-0.4, -0.2) is 18.4 Å². The molecule has 3 aromatic carbocycles. The summed E-state index contributed by atoms with van der Waals surface area (Å²) in [5, 5.41) is 4.58. The third-order valence-corrected chi connectivity index (χ3v) is 4.95. The normalized spacial score (nSPS) is 11.3. The SMILES string of the molecule is O=C(NCC(c1ccccc1)c1ccccc1)C(=O)Nc1cc(C(F)(F)F)ccc1Cl. The fraction of sp³-hybridized carbons (Fsp3) is 0.130.